The first-order valence-corrected chi connectivity index (χ1v) is 14.0. The highest BCUT2D eigenvalue weighted by atomic mass is 19.4. The number of Topliss-reactive ketones (excluding diaryl/α,β-unsaturated/α-hetero) is 1. The highest BCUT2D eigenvalue weighted by Crippen LogP contribution is 2.47. The third-order valence-corrected chi connectivity index (χ3v) is 7.67. The number of alkyl halides is 3. The maximum Gasteiger partial charge on any atom is 0.435 e. The van der Waals surface area contributed by atoms with Crippen molar-refractivity contribution in [3.05, 3.63) is 99.9 Å². The van der Waals surface area contributed by atoms with Gasteiger partial charge in [0.05, 0.1) is 12.2 Å². The van der Waals surface area contributed by atoms with Crippen LogP contribution in [0.4, 0.5) is 22.0 Å². The van der Waals surface area contributed by atoms with Crippen molar-refractivity contribution in [3.63, 3.8) is 0 Å². The molecule has 0 aliphatic heterocycles. The van der Waals surface area contributed by atoms with Gasteiger partial charge in [-0.3, -0.25) is 14.9 Å². The normalized spacial score (nSPS) is 14.1. The molecule has 1 saturated carbocycles. The smallest absolute Gasteiger partial charge is 0.435 e. The van der Waals surface area contributed by atoms with Crippen LogP contribution < -0.4 is 10.2 Å². The van der Waals surface area contributed by atoms with Crippen molar-refractivity contribution in [1.82, 2.24) is 14.3 Å². The van der Waals surface area contributed by atoms with Gasteiger partial charge in [0.1, 0.15) is 22.9 Å². The van der Waals surface area contributed by atoms with Crippen LogP contribution in [0.15, 0.2) is 54.9 Å². The second-order valence-corrected chi connectivity index (χ2v) is 11.0. The van der Waals surface area contributed by atoms with E-state index < -0.39 is 17.7 Å². The molecular formula is C32H31F5N4O2. The fraction of sp³-hybridized carbons (Fsp3) is 0.344. The van der Waals surface area contributed by atoms with E-state index in [9.17, 15) is 26.7 Å². The van der Waals surface area contributed by atoms with Crippen molar-refractivity contribution >= 4 is 5.78 Å². The van der Waals surface area contributed by atoms with E-state index in [4.69, 9.17) is 10.1 Å². The summed E-state index contributed by atoms with van der Waals surface area (Å²) >= 11 is 0. The van der Waals surface area contributed by atoms with Crippen LogP contribution in [0.1, 0.15) is 64.8 Å². The molecule has 0 spiro atoms. The summed E-state index contributed by atoms with van der Waals surface area (Å²) < 4.78 is 78.6. The van der Waals surface area contributed by atoms with Gasteiger partial charge in [-0.1, -0.05) is 12.1 Å². The Morgan fingerprint density at radius 1 is 1.09 bits per heavy atom. The predicted octanol–water partition coefficient (Wildman–Crippen LogP) is 7.19. The largest absolute Gasteiger partial charge is 0.492 e. The summed E-state index contributed by atoms with van der Waals surface area (Å²) in [5.41, 5.74) is 0.341. The van der Waals surface area contributed by atoms with Crippen molar-refractivity contribution in [2.24, 2.45) is 13.0 Å². The molecule has 2 heterocycles. The van der Waals surface area contributed by atoms with Crippen LogP contribution in [0.3, 0.4) is 0 Å². The number of hydrogen-bond acceptors (Lipinski definition) is 4. The van der Waals surface area contributed by atoms with Gasteiger partial charge >= 0.3 is 6.18 Å². The van der Waals surface area contributed by atoms with Gasteiger partial charge in [0.25, 0.3) is 0 Å². The summed E-state index contributed by atoms with van der Waals surface area (Å²) in [5.74, 6) is -1.29. The lowest BCUT2D eigenvalue weighted by Gasteiger charge is -2.21. The molecule has 6 nitrogen and oxygen atoms in total. The summed E-state index contributed by atoms with van der Waals surface area (Å²) in [5, 5.41) is 11.8. The Morgan fingerprint density at radius 3 is 2.49 bits per heavy atom. The molecule has 0 unspecified atom stereocenters. The number of aromatic nitrogens is 3. The van der Waals surface area contributed by atoms with E-state index in [0.29, 0.717) is 11.1 Å². The molecule has 4 aromatic rings. The number of carbonyl (C=O) groups excluding carboxylic acids is 1. The Bertz CT molecular complexity index is 1740. The maximum absolute atomic E-state index is 14.1. The van der Waals surface area contributed by atoms with Crippen molar-refractivity contribution < 1.29 is 31.5 Å². The fourth-order valence-electron chi connectivity index (χ4n) is 5.49. The quantitative estimate of drug-likeness (QED) is 0.155. The van der Waals surface area contributed by atoms with Crippen molar-refractivity contribution in [2.45, 2.75) is 51.7 Å². The van der Waals surface area contributed by atoms with E-state index in [1.165, 1.54) is 42.1 Å². The molecule has 1 N–H and O–H groups in total. The Balaban J connectivity index is 1.67. The zero-order chi connectivity index (χ0) is 31.1. The summed E-state index contributed by atoms with van der Waals surface area (Å²) in [6, 6.07) is 10.2. The van der Waals surface area contributed by atoms with Crippen LogP contribution in [-0.2, 0) is 19.8 Å². The molecule has 1 atom stereocenters. The number of rotatable bonds is 10. The third kappa shape index (κ3) is 6.55. The topological polar surface area (TPSA) is 72.9 Å². The minimum atomic E-state index is -4.79. The molecule has 2 aromatic heterocycles. The number of benzene rings is 2. The first-order chi connectivity index (χ1) is 20.3. The summed E-state index contributed by atoms with van der Waals surface area (Å²) in [7, 11) is 1.37. The van der Waals surface area contributed by atoms with Gasteiger partial charge in [0, 0.05) is 43.5 Å². The fourth-order valence-corrected chi connectivity index (χ4v) is 5.49. The maximum atomic E-state index is 14.1. The minimum Gasteiger partial charge on any atom is -0.492 e. The van der Waals surface area contributed by atoms with Crippen LogP contribution in [0, 0.1) is 29.9 Å². The standard InChI is InChI=1S/C32H31F5N4O2/c1-4-43-30-24(26-17-40(3)39-31(26)32(35,36)37)12-19(15-41-16-22(33)8-10-29(41)38)13-25(30)28(42)14-23(20-5-6-20)21-7-9-27(34)18(2)11-21/h7-13,16-17,20,23,38H,4-6,14-15H2,1-3H3/t23-/m0/s1. The number of halogens is 5. The van der Waals surface area contributed by atoms with Crippen molar-refractivity contribution in [1.29, 1.82) is 5.41 Å². The number of pyridine rings is 1. The van der Waals surface area contributed by atoms with E-state index in [1.807, 2.05) is 0 Å². The molecule has 1 fully saturated rings. The molecule has 1 aliphatic carbocycles. The van der Waals surface area contributed by atoms with Gasteiger partial charge in [0.15, 0.2) is 11.5 Å². The van der Waals surface area contributed by atoms with Gasteiger partial charge in [-0.2, -0.15) is 18.3 Å². The molecule has 11 heteroatoms. The van der Waals surface area contributed by atoms with E-state index >= 15 is 0 Å². The first kappa shape index (κ1) is 30.2. The molecule has 0 radical (unpaired) electrons. The van der Waals surface area contributed by atoms with Gasteiger partial charge < -0.3 is 9.30 Å². The zero-order valence-electron chi connectivity index (χ0n) is 23.9. The Kier molecular flexibility index (Phi) is 8.27. The Labute approximate surface area is 245 Å². The third-order valence-electron chi connectivity index (χ3n) is 7.67. The minimum absolute atomic E-state index is 0.00470. The second kappa shape index (κ2) is 11.8. The van der Waals surface area contributed by atoms with E-state index in [2.05, 4.69) is 5.10 Å². The summed E-state index contributed by atoms with van der Waals surface area (Å²) in [4.78, 5) is 14.1. The number of nitrogens with zero attached hydrogens (tertiary/aromatic N) is 3. The summed E-state index contributed by atoms with van der Waals surface area (Å²) in [6.45, 7) is 3.32. The average Bonchev–Trinajstić information content (AvgIpc) is 3.71. The number of aryl methyl sites for hydroxylation is 2. The van der Waals surface area contributed by atoms with Gasteiger partial charge in [-0.05, 0) is 85.5 Å². The highest BCUT2D eigenvalue weighted by Gasteiger charge is 2.39. The van der Waals surface area contributed by atoms with Crippen LogP contribution in [0.25, 0.3) is 11.1 Å². The van der Waals surface area contributed by atoms with Crippen LogP contribution >= 0.6 is 0 Å². The van der Waals surface area contributed by atoms with E-state index in [1.54, 1.807) is 26.0 Å². The van der Waals surface area contributed by atoms with Gasteiger partial charge in [-0.25, -0.2) is 8.78 Å². The molecule has 0 saturated heterocycles. The lowest BCUT2D eigenvalue weighted by Crippen LogP contribution is -2.20. The van der Waals surface area contributed by atoms with Crippen LogP contribution in [0.2, 0.25) is 0 Å². The molecule has 0 bridgehead atoms. The second-order valence-electron chi connectivity index (χ2n) is 11.0. The number of ether oxygens (including phenoxy) is 1. The molecule has 5 rings (SSSR count). The SMILES string of the molecule is CCOc1c(C(=O)C[C@H](c2ccc(F)c(C)c2)C2CC2)cc(Cn2cc(F)ccc2=N)cc1-c1cn(C)nc1C(F)(F)F. The van der Waals surface area contributed by atoms with Crippen molar-refractivity contribution in [3.8, 4) is 16.9 Å². The first-order valence-electron chi connectivity index (χ1n) is 14.0. The Morgan fingerprint density at radius 2 is 1.84 bits per heavy atom. The van der Waals surface area contributed by atoms with Crippen LogP contribution in [-0.4, -0.2) is 26.7 Å². The van der Waals surface area contributed by atoms with E-state index in [0.717, 1.165) is 35.4 Å². The monoisotopic (exact) mass is 598 g/mol. The lowest BCUT2D eigenvalue weighted by atomic mass is 9.85. The predicted molar refractivity (Wildman–Crippen MR) is 150 cm³/mol. The van der Waals surface area contributed by atoms with E-state index in [-0.39, 0.29) is 70.9 Å². The number of hydrogen-bond donors (Lipinski definition) is 1. The van der Waals surface area contributed by atoms with Gasteiger partial charge in [-0.15, -0.1) is 0 Å². The molecule has 226 valence electrons. The number of carbonyl (C=O) groups is 1. The highest BCUT2D eigenvalue weighted by molar-refractivity contribution is 6.02. The van der Waals surface area contributed by atoms with Gasteiger partial charge in [0.2, 0.25) is 0 Å². The molecule has 0 amide bonds. The van der Waals surface area contributed by atoms with Crippen molar-refractivity contribution in [2.75, 3.05) is 6.61 Å². The Hall–Kier alpha value is -4.28. The number of ketones is 1. The number of nitrogens with one attached hydrogen (secondary N) is 1. The average molecular weight is 599 g/mol. The van der Waals surface area contributed by atoms with Crippen LogP contribution in [0.5, 0.6) is 5.75 Å². The summed E-state index contributed by atoms with van der Waals surface area (Å²) in [6.07, 6.45) is -0.600. The molecule has 1 aliphatic rings. The molecular weight excluding hydrogens is 567 g/mol. The zero-order valence-corrected chi connectivity index (χ0v) is 23.9. The lowest BCUT2D eigenvalue weighted by molar-refractivity contribution is -0.141. The molecule has 2 aromatic carbocycles. The molecule has 43 heavy (non-hydrogen) atoms.